The minimum absolute atomic E-state index is 0.129. The van der Waals surface area contributed by atoms with Gasteiger partial charge in [-0.3, -0.25) is 4.98 Å². The summed E-state index contributed by atoms with van der Waals surface area (Å²) in [6.07, 6.45) is 0.548. The van der Waals surface area contributed by atoms with Gasteiger partial charge in [-0.05, 0) is 18.8 Å². The third-order valence-electron chi connectivity index (χ3n) is 3.90. The van der Waals surface area contributed by atoms with Gasteiger partial charge in [-0.2, -0.15) is 13.2 Å². The fourth-order valence-electron chi connectivity index (χ4n) is 2.92. The number of rotatable bonds is 3. The van der Waals surface area contributed by atoms with Gasteiger partial charge in [-0.1, -0.05) is 12.8 Å². The standard InChI is InChI=1S/C13H18F3N3O/c1-20-12-11(18-6-7-19-12)10(17)8-4-2-3-5-9(8)13(14,15)16/h6-10H,2-5,17H2,1H3. The molecule has 2 rings (SSSR count). The van der Waals surface area contributed by atoms with Gasteiger partial charge in [0.25, 0.3) is 0 Å². The molecule has 112 valence electrons. The third-order valence-corrected chi connectivity index (χ3v) is 3.90. The van der Waals surface area contributed by atoms with Gasteiger partial charge >= 0.3 is 6.18 Å². The summed E-state index contributed by atoms with van der Waals surface area (Å²) in [5.74, 6) is -1.85. The largest absolute Gasteiger partial charge is 0.480 e. The lowest BCUT2D eigenvalue weighted by molar-refractivity contribution is -0.198. The van der Waals surface area contributed by atoms with Crippen LogP contribution < -0.4 is 10.5 Å². The van der Waals surface area contributed by atoms with Crippen molar-refractivity contribution in [3.63, 3.8) is 0 Å². The van der Waals surface area contributed by atoms with Crippen LogP contribution in [-0.4, -0.2) is 23.3 Å². The molecule has 0 saturated heterocycles. The third kappa shape index (κ3) is 3.03. The molecule has 1 aromatic heterocycles. The summed E-state index contributed by atoms with van der Waals surface area (Å²) in [4.78, 5) is 8.02. The van der Waals surface area contributed by atoms with Crippen LogP contribution in [0.5, 0.6) is 5.88 Å². The van der Waals surface area contributed by atoms with Crippen LogP contribution in [-0.2, 0) is 0 Å². The Morgan fingerprint density at radius 3 is 2.55 bits per heavy atom. The summed E-state index contributed by atoms with van der Waals surface area (Å²) in [5, 5.41) is 0. The lowest BCUT2D eigenvalue weighted by Crippen LogP contribution is -2.39. The fraction of sp³-hybridized carbons (Fsp3) is 0.692. The van der Waals surface area contributed by atoms with Crippen molar-refractivity contribution >= 4 is 0 Å². The topological polar surface area (TPSA) is 61.0 Å². The molecule has 0 aliphatic heterocycles. The van der Waals surface area contributed by atoms with Crippen molar-refractivity contribution in [3.8, 4) is 5.88 Å². The zero-order valence-electron chi connectivity index (χ0n) is 11.2. The van der Waals surface area contributed by atoms with Crippen molar-refractivity contribution in [1.29, 1.82) is 0 Å². The first kappa shape index (κ1) is 15.0. The number of methoxy groups -OCH3 is 1. The van der Waals surface area contributed by atoms with Gasteiger partial charge < -0.3 is 10.5 Å². The first-order chi connectivity index (χ1) is 9.45. The fourth-order valence-corrected chi connectivity index (χ4v) is 2.92. The van der Waals surface area contributed by atoms with Gasteiger partial charge in [-0.25, -0.2) is 4.98 Å². The second-order valence-electron chi connectivity index (χ2n) is 5.07. The number of nitrogens with two attached hydrogens (primary N) is 1. The second-order valence-corrected chi connectivity index (χ2v) is 5.07. The first-order valence-electron chi connectivity index (χ1n) is 6.62. The van der Waals surface area contributed by atoms with E-state index in [1.54, 1.807) is 0 Å². The minimum Gasteiger partial charge on any atom is -0.480 e. The van der Waals surface area contributed by atoms with Crippen LogP contribution >= 0.6 is 0 Å². The van der Waals surface area contributed by atoms with Gasteiger partial charge in [0.15, 0.2) is 0 Å². The van der Waals surface area contributed by atoms with Crippen molar-refractivity contribution in [2.24, 2.45) is 17.6 Å². The molecular formula is C13H18F3N3O. The van der Waals surface area contributed by atoms with E-state index in [1.807, 2.05) is 0 Å². The number of halogens is 3. The van der Waals surface area contributed by atoms with Crippen LogP contribution in [0.1, 0.15) is 37.4 Å². The molecule has 1 aliphatic carbocycles. The van der Waals surface area contributed by atoms with Gasteiger partial charge in [-0.15, -0.1) is 0 Å². The number of aromatic nitrogens is 2. The molecule has 2 N–H and O–H groups in total. The first-order valence-corrected chi connectivity index (χ1v) is 6.62. The maximum atomic E-state index is 13.1. The summed E-state index contributed by atoms with van der Waals surface area (Å²) < 4.78 is 44.4. The molecule has 1 aromatic rings. The van der Waals surface area contributed by atoms with Crippen molar-refractivity contribution in [2.75, 3.05) is 7.11 Å². The summed E-state index contributed by atoms with van der Waals surface area (Å²) in [5.41, 5.74) is 6.35. The molecule has 0 bridgehead atoms. The number of hydrogen-bond donors (Lipinski definition) is 1. The highest BCUT2D eigenvalue weighted by Gasteiger charge is 2.48. The summed E-state index contributed by atoms with van der Waals surface area (Å²) in [6.45, 7) is 0. The Bertz CT molecular complexity index is 453. The van der Waals surface area contributed by atoms with E-state index in [0.717, 1.165) is 6.42 Å². The summed E-state index contributed by atoms with van der Waals surface area (Å²) in [6, 6.07) is -0.814. The van der Waals surface area contributed by atoms with Crippen molar-refractivity contribution in [2.45, 2.75) is 37.9 Å². The average Bonchev–Trinajstić information content (AvgIpc) is 2.45. The second kappa shape index (κ2) is 5.95. The van der Waals surface area contributed by atoms with Gasteiger partial charge in [0.1, 0.15) is 5.69 Å². The normalized spacial score (nSPS) is 25.2. The Kier molecular flexibility index (Phi) is 4.47. The van der Waals surface area contributed by atoms with Gasteiger partial charge in [0.05, 0.1) is 19.1 Å². The van der Waals surface area contributed by atoms with Crippen LogP contribution in [0.25, 0.3) is 0 Å². The van der Waals surface area contributed by atoms with Crippen LogP contribution in [0.3, 0.4) is 0 Å². The Morgan fingerprint density at radius 2 is 1.90 bits per heavy atom. The van der Waals surface area contributed by atoms with E-state index in [2.05, 4.69) is 9.97 Å². The molecule has 0 amide bonds. The van der Waals surface area contributed by atoms with Crippen LogP contribution in [0.15, 0.2) is 12.4 Å². The van der Waals surface area contributed by atoms with E-state index in [9.17, 15) is 13.2 Å². The quantitative estimate of drug-likeness (QED) is 0.929. The van der Waals surface area contributed by atoms with Crippen LogP contribution in [0.2, 0.25) is 0 Å². The lowest BCUT2D eigenvalue weighted by Gasteiger charge is -2.36. The minimum atomic E-state index is -4.22. The predicted molar refractivity (Wildman–Crippen MR) is 67.0 cm³/mol. The van der Waals surface area contributed by atoms with E-state index in [0.29, 0.717) is 18.5 Å². The van der Waals surface area contributed by atoms with E-state index < -0.39 is 24.1 Å². The number of nitrogens with zero attached hydrogens (tertiary/aromatic N) is 2. The molecular weight excluding hydrogens is 271 g/mol. The molecule has 1 saturated carbocycles. The molecule has 0 aromatic carbocycles. The summed E-state index contributed by atoms with van der Waals surface area (Å²) in [7, 11) is 1.41. The monoisotopic (exact) mass is 289 g/mol. The highest BCUT2D eigenvalue weighted by Crippen LogP contribution is 2.46. The molecule has 1 aliphatic rings. The Balaban J connectivity index is 2.27. The van der Waals surface area contributed by atoms with Gasteiger partial charge in [0, 0.05) is 12.4 Å². The maximum Gasteiger partial charge on any atom is 0.392 e. The maximum absolute atomic E-state index is 13.1. The molecule has 1 heterocycles. The van der Waals surface area contributed by atoms with E-state index in [1.165, 1.54) is 19.5 Å². The summed E-state index contributed by atoms with van der Waals surface area (Å²) >= 11 is 0. The molecule has 7 heteroatoms. The molecule has 0 spiro atoms. The zero-order valence-corrected chi connectivity index (χ0v) is 11.2. The van der Waals surface area contributed by atoms with E-state index in [-0.39, 0.29) is 12.3 Å². The van der Waals surface area contributed by atoms with E-state index in [4.69, 9.17) is 10.5 Å². The highest BCUT2D eigenvalue weighted by atomic mass is 19.4. The molecule has 1 fully saturated rings. The van der Waals surface area contributed by atoms with E-state index >= 15 is 0 Å². The molecule has 4 nitrogen and oxygen atoms in total. The number of ether oxygens (including phenoxy) is 1. The Morgan fingerprint density at radius 1 is 1.25 bits per heavy atom. The smallest absolute Gasteiger partial charge is 0.392 e. The Hall–Kier alpha value is -1.37. The highest BCUT2D eigenvalue weighted by molar-refractivity contribution is 5.22. The SMILES string of the molecule is COc1nccnc1C(N)C1CCCCC1C(F)(F)F. The lowest BCUT2D eigenvalue weighted by atomic mass is 9.74. The molecule has 0 radical (unpaired) electrons. The van der Waals surface area contributed by atoms with Gasteiger partial charge in [0.2, 0.25) is 5.88 Å². The number of hydrogen-bond acceptors (Lipinski definition) is 4. The molecule has 20 heavy (non-hydrogen) atoms. The zero-order chi connectivity index (χ0) is 14.8. The van der Waals surface area contributed by atoms with Crippen LogP contribution in [0.4, 0.5) is 13.2 Å². The molecule has 3 unspecified atom stereocenters. The van der Waals surface area contributed by atoms with Crippen molar-refractivity contribution < 1.29 is 17.9 Å². The van der Waals surface area contributed by atoms with Crippen molar-refractivity contribution in [1.82, 2.24) is 9.97 Å². The Labute approximate surface area is 115 Å². The predicted octanol–water partition coefficient (Wildman–Crippen LogP) is 2.85. The number of alkyl halides is 3. The van der Waals surface area contributed by atoms with Crippen molar-refractivity contribution in [3.05, 3.63) is 18.1 Å². The molecule has 3 atom stereocenters. The van der Waals surface area contributed by atoms with Crippen LogP contribution in [0, 0.1) is 11.8 Å². The average molecular weight is 289 g/mol.